The smallest absolute Gasteiger partial charge is 0.326 e. The molecule has 0 aromatic heterocycles. The second-order valence-electron chi connectivity index (χ2n) is 21.3. The van der Waals surface area contributed by atoms with Crippen LogP contribution in [0.1, 0.15) is 162 Å². The third-order valence-corrected chi connectivity index (χ3v) is 13.4. The van der Waals surface area contributed by atoms with Crippen molar-refractivity contribution < 1.29 is 28.1 Å². The maximum Gasteiger partial charge on any atom is 0.326 e. The molecule has 6 nitrogen and oxygen atoms in total. The third-order valence-electron chi connectivity index (χ3n) is 12.0. The first-order valence-electron chi connectivity index (χ1n) is 21.5. The van der Waals surface area contributed by atoms with Crippen molar-refractivity contribution in [2.75, 3.05) is 0 Å². The Morgan fingerprint density at radius 2 is 0.820 bits per heavy atom. The fourth-order valence-corrected chi connectivity index (χ4v) is 10.1. The lowest BCUT2D eigenvalue weighted by molar-refractivity contribution is -0.134. The van der Waals surface area contributed by atoms with Crippen LogP contribution in [0.3, 0.4) is 0 Å². The lowest BCUT2D eigenvalue weighted by atomic mass is 9.77. The van der Waals surface area contributed by atoms with Crippen molar-refractivity contribution in [2.45, 2.75) is 144 Å². The van der Waals surface area contributed by atoms with Crippen LogP contribution in [0.25, 0.3) is 0 Å². The molecule has 61 heavy (non-hydrogen) atoms. The van der Waals surface area contributed by atoms with Crippen molar-refractivity contribution in [2.24, 2.45) is 0 Å². The topological polar surface area (TPSA) is 71.1 Å². The summed E-state index contributed by atoms with van der Waals surface area (Å²) in [5, 5.41) is 0.915. The molecule has 0 fully saturated rings. The molecular formula is C54H63O6P. The zero-order valence-corrected chi connectivity index (χ0v) is 40.0. The fraction of sp³-hybridized carbons (Fsp3) is 0.407. The molecule has 0 saturated heterocycles. The molecule has 2 unspecified atom stereocenters. The Morgan fingerprint density at radius 3 is 1.13 bits per heavy atom. The minimum atomic E-state index is -1.67. The van der Waals surface area contributed by atoms with Gasteiger partial charge in [0.2, 0.25) is 0 Å². The van der Waals surface area contributed by atoms with E-state index < -0.39 is 20.2 Å². The number of rotatable bonds is 7. The first-order chi connectivity index (χ1) is 28.2. The number of hydrogen-bond acceptors (Lipinski definition) is 6. The minimum absolute atomic E-state index is 0.111. The van der Waals surface area contributed by atoms with Crippen LogP contribution in [0.4, 0.5) is 0 Å². The molecule has 0 saturated carbocycles. The molecule has 7 rings (SSSR count). The predicted octanol–water partition coefficient (Wildman–Crippen LogP) is 13.3. The number of benzene rings is 5. The van der Waals surface area contributed by atoms with Crippen molar-refractivity contribution >= 4 is 25.6 Å². The zero-order valence-electron chi connectivity index (χ0n) is 39.1. The van der Waals surface area contributed by atoms with E-state index in [4.69, 9.17) is 18.5 Å². The Balaban J connectivity index is 1.24. The van der Waals surface area contributed by atoms with Gasteiger partial charge in [0, 0.05) is 22.3 Å². The zero-order chi connectivity index (χ0) is 44.7. The van der Waals surface area contributed by atoms with E-state index >= 15 is 0 Å². The van der Waals surface area contributed by atoms with Crippen molar-refractivity contribution in [3.05, 3.63) is 146 Å². The maximum absolute atomic E-state index is 13.8. The Bertz CT molecular complexity index is 2350. The summed E-state index contributed by atoms with van der Waals surface area (Å²) < 4.78 is 26.1. The Labute approximate surface area is 365 Å². The first-order valence-corrected chi connectivity index (χ1v) is 22.7. The van der Waals surface area contributed by atoms with Gasteiger partial charge < -0.3 is 18.5 Å². The van der Waals surface area contributed by atoms with Gasteiger partial charge in [-0.1, -0.05) is 150 Å². The van der Waals surface area contributed by atoms with Gasteiger partial charge in [-0.15, -0.1) is 0 Å². The summed E-state index contributed by atoms with van der Waals surface area (Å²) in [6, 6.07) is 27.0. The number of hydrogen-bond donors (Lipinski definition) is 0. The van der Waals surface area contributed by atoms with Crippen LogP contribution in [-0.4, -0.2) is 11.9 Å². The van der Waals surface area contributed by atoms with Crippen LogP contribution in [-0.2, 0) is 31.2 Å². The summed E-state index contributed by atoms with van der Waals surface area (Å²) in [5.41, 5.74) is 11.0. The van der Waals surface area contributed by atoms with Crippen LogP contribution in [0.5, 0.6) is 23.0 Å². The van der Waals surface area contributed by atoms with Gasteiger partial charge in [-0.3, -0.25) is 9.59 Å². The van der Waals surface area contributed by atoms with E-state index in [2.05, 4.69) is 132 Å². The largest absolute Gasteiger partial charge is 0.435 e. The van der Waals surface area contributed by atoms with Gasteiger partial charge in [0.25, 0.3) is 0 Å². The van der Waals surface area contributed by atoms with Crippen molar-refractivity contribution in [3.8, 4) is 23.0 Å². The van der Waals surface area contributed by atoms with E-state index in [-0.39, 0.29) is 33.6 Å². The van der Waals surface area contributed by atoms with E-state index in [1.807, 2.05) is 58.0 Å². The highest BCUT2D eigenvalue weighted by Gasteiger charge is 2.42. The second-order valence-corrected chi connectivity index (χ2v) is 22.7. The highest BCUT2D eigenvalue weighted by molar-refractivity contribution is 7.56. The summed E-state index contributed by atoms with van der Waals surface area (Å²) in [7, 11) is -1.67. The van der Waals surface area contributed by atoms with Crippen LogP contribution in [0.15, 0.2) is 78.9 Å². The van der Waals surface area contributed by atoms with Crippen LogP contribution in [0.2, 0.25) is 0 Å². The molecule has 5 aromatic carbocycles. The monoisotopic (exact) mass is 838 g/mol. The summed E-state index contributed by atoms with van der Waals surface area (Å²) in [6.45, 7) is 34.3. The van der Waals surface area contributed by atoms with Crippen LogP contribution >= 0.6 is 8.38 Å². The molecule has 0 bridgehead atoms. The molecule has 2 heterocycles. The van der Waals surface area contributed by atoms with Crippen LogP contribution < -0.4 is 23.8 Å². The molecular weight excluding hydrogens is 776 g/mol. The molecule has 2 aliphatic heterocycles. The summed E-state index contributed by atoms with van der Waals surface area (Å²) in [4.78, 5) is 27.6. The quantitative estimate of drug-likeness (QED) is 0.0924. The van der Waals surface area contributed by atoms with E-state index in [0.717, 1.165) is 60.9 Å². The number of esters is 2. The fourth-order valence-electron chi connectivity index (χ4n) is 8.57. The molecule has 2 aliphatic rings. The summed E-state index contributed by atoms with van der Waals surface area (Å²) in [5.74, 6) is 1.17. The first kappa shape index (κ1) is 44.1. The molecule has 0 amide bonds. The van der Waals surface area contributed by atoms with E-state index in [1.165, 1.54) is 11.1 Å². The number of aryl methyl sites for hydroxylation is 4. The van der Waals surface area contributed by atoms with Gasteiger partial charge in [0.05, 0.1) is 5.30 Å². The molecule has 0 radical (unpaired) electrons. The Hall–Kier alpha value is -4.93. The van der Waals surface area contributed by atoms with E-state index in [0.29, 0.717) is 23.0 Å². The van der Waals surface area contributed by atoms with Gasteiger partial charge in [-0.25, -0.2) is 0 Å². The second kappa shape index (κ2) is 15.5. The SMILES string of the molecule is Cc1cc(C2C(=O)Oc3c2cc(C(C)(C)C)cc3C(C)(C)C)cc(C)c1OP(Oc1c(C)cc([C@@H]2C(=O)Oc3c2cc(C(C)(C)C)cc3C(C)(C)C)cc1C)c1ccccc1. The summed E-state index contributed by atoms with van der Waals surface area (Å²) in [6.07, 6.45) is 0. The number of fused-ring (bicyclic) bond motifs is 2. The predicted molar refractivity (Wildman–Crippen MR) is 249 cm³/mol. The number of carbonyl (C=O) groups excluding carboxylic acids is 2. The third kappa shape index (κ3) is 8.50. The molecule has 320 valence electrons. The van der Waals surface area contributed by atoms with Crippen molar-refractivity contribution in [1.29, 1.82) is 0 Å². The molecule has 0 aliphatic carbocycles. The Kier molecular flexibility index (Phi) is 11.2. The lowest BCUT2D eigenvalue weighted by Crippen LogP contribution is -2.17. The van der Waals surface area contributed by atoms with Crippen molar-refractivity contribution in [1.82, 2.24) is 0 Å². The molecule has 3 atom stereocenters. The molecule has 7 heteroatoms. The number of carbonyl (C=O) groups is 2. The standard InChI is InChI=1S/C54H63O6P/c1-30-22-34(43-39-26-36(51(5,6)7)28-41(53(11,12)13)47(39)57-49(43)55)23-31(2)45(30)59-61(38-20-18-17-19-21-38)60-46-32(3)24-35(25-33(46)4)44-40-27-37(52(8,9)10)29-42(54(14,15)16)48(40)58-50(44)56/h17-29,43-44H,1-16H3/t43-,44?,61?/m0/s1. The molecule has 0 spiro atoms. The van der Waals surface area contributed by atoms with Crippen molar-refractivity contribution in [3.63, 3.8) is 0 Å². The minimum Gasteiger partial charge on any atom is -0.435 e. The Morgan fingerprint density at radius 1 is 0.475 bits per heavy atom. The van der Waals surface area contributed by atoms with E-state index in [9.17, 15) is 9.59 Å². The molecule has 0 N–H and O–H groups in total. The average molecular weight is 839 g/mol. The van der Waals surface area contributed by atoms with Gasteiger partial charge in [-0.05, 0) is 106 Å². The highest BCUT2D eigenvalue weighted by atomic mass is 31.2. The van der Waals surface area contributed by atoms with Gasteiger partial charge >= 0.3 is 20.3 Å². The van der Waals surface area contributed by atoms with Gasteiger partial charge in [0.15, 0.2) is 0 Å². The maximum atomic E-state index is 13.8. The number of ether oxygens (including phenoxy) is 2. The lowest BCUT2D eigenvalue weighted by Gasteiger charge is -2.27. The summed E-state index contributed by atoms with van der Waals surface area (Å²) >= 11 is 0. The van der Waals surface area contributed by atoms with Crippen LogP contribution in [0, 0.1) is 27.7 Å². The molecule has 5 aromatic rings. The van der Waals surface area contributed by atoms with Gasteiger partial charge in [0.1, 0.15) is 34.8 Å². The highest BCUT2D eigenvalue weighted by Crippen LogP contribution is 2.51. The normalized spacial score (nSPS) is 17.1. The van der Waals surface area contributed by atoms with Gasteiger partial charge in [-0.2, -0.15) is 0 Å². The average Bonchev–Trinajstić information content (AvgIpc) is 3.66. The van der Waals surface area contributed by atoms with E-state index in [1.54, 1.807) is 0 Å².